The van der Waals surface area contributed by atoms with Gasteiger partial charge in [0.2, 0.25) is 0 Å². The van der Waals surface area contributed by atoms with Crippen molar-refractivity contribution in [2.24, 2.45) is 0 Å². The second kappa shape index (κ2) is 7.31. The molecule has 0 aliphatic rings. The van der Waals surface area contributed by atoms with Gasteiger partial charge in [0.1, 0.15) is 0 Å². The number of nitrogens with zero attached hydrogens (tertiary/aromatic N) is 1. The summed E-state index contributed by atoms with van der Waals surface area (Å²) in [5.74, 6) is 0.323. The van der Waals surface area contributed by atoms with Crippen molar-refractivity contribution in [1.82, 2.24) is 4.98 Å². The van der Waals surface area contributed by atoms with Crippen molar-refractivity contribution in [3.63, 3.8) is 0 Å². The van der Waals surface area contributed by atoms with Gasteiger partial charge in [-0.05, 0) is 48.2 Å². The van der Waals surface area contributed by atoms with Gasteiger partial charge in [-0.15, -0.1) is 0 Å². The van der Waals surface area contributed by atoms with Gasteiger partial charge in [-0.2, -0.15) is 0 Å². The van der Waals surface area contributed by atoms with Gasteiger partial charge in [-0.3, -0.25) is 9.78 Å². The van der Waals surface area contributed by atoms with E-state index in [0.29, 0.717) is 11.5 Å². The highest BCUT2D eigenvalue weighted by Gasteiger charge is 2.09. The normalized spacial score (nSPS) is 10.7. The van der Waals surface area contributed by atoms with Gasteiger partial charge in [0.15, 0.2) is 0 Å². The van der Waals surface area contributed by atoms with Crippen LogP contribution in [-0.2, 0) is 0 Å². The van der Waals surface area contributed by atoms with Crippen molar-refractivity contribution in [2.75, 3.05) is 5.32 Å². The molecule has 3 nitrogen and oxygen atoms in total. The van der Waals surface area contributed by atoms with Crippen LogP contribution in [0.4, 0.5) is 5.69 Å². The van der Waals surface area contributed by atoms with Gasteiger partial charge in [-0.1, -0.05) is 50.2 Å². The van der Waals surface area contributed by atoms with Crippen LogP contribution in [0.5, 0.6) is 0 Å². The SMILES string of the molecule is Cc1ccccc1-c1ccc(C(=O)Nc2ccc(C(C)C)cc2)cn1. The monoisotopic (exact) mass is 330 g/mol. The van der Waals surface area contributed by atoms with Crippen LogP contribution in [0.15, 0.2) is 66.9 Å². The minimum absolute atomic E-state index is 0.152. The van der Waals surface area contributed by atoms with Crippen LogP contribution >= 0.6 is 0 Å². The molecule has 0 fully saturated rings. The van der Waals surface area contributed by atoms with Gasteiger partial charge in [0.05, 0.1) is 11.3 Å². The molecule has 0 atom stereocenters. The third kappa shape index (κ3) is 3.94. The molecule has 0 unspecified atom stereocenters. The zero-order valence-corrected chi connectivity index (χ0v) is 14.8. The Kier molecular flexibility index (Phi) is 4.94. The first-order chi connectivity index (χ1) is 12.0. The summed E-state index contributed by atoms with van der Waals surface area (Å²) in [6.45, 7) is 6.35. The van der Waals surface area contributed by atoms with Crippen LogP contribution in [0.2, 0.25) is 0 Å². The summed E-state index contributed by atoms with van der Waals surface area (Å²) < 4.78 is 0. The lowest BCUT2D eigenvalue weighted by Crippen LogP contribution is -2.12. The minimum Gasteiger partial charge on any atom is -0.322 e. The summed E-state index contributed by atoms with van der Waals surface area (Å²) in [6.07, 6.45) is 1.62. The molecular formula is C22H22N2O. The average molecular weight is 330 g/mol. The van der Waals surface area contributed by atoms with Crippen LogP contribution in [0, 0.1) is 6.92 Å². The Labute approximate surface area is 148 Å². The van der Waals surface area contributed by atoms with E-state index in [-0.39, 0.29) is 5.91 Å². The highest BCUT2D eigenvalue weighted by atomic mass is 16.1. The third-order valence-corrected chi connectivity index (χ3v) is 4.28. The third-order valence-electron chi connectivity index (χ3n) is 4.28. The molecule has 0 spiro atoms. The molecule has 3 rings (SSSR count). The molecule has 1 amide bonds. The molecule has 1 aromatic heterocycles. The fourth-order valence-electron chi connectivity index (χ4n) is 2.70. The zero-order valence-electron chi connectivity index (χ0n) is 14.8. The summed E-state index contributed by atoms with van der Waals surface area (Å²) in [4.78, 5) is 16.8. The molecule has 1 heterocycles. The summed E-state index contributed by atoms with van der Waals surface area (Å²) in [6, 6.07) is 19.7. The molecule has 0 bridgehead atoms. The van der Waals surface area contributed by atoms with Crippen molar-refractivity contribution in [2.45, 2.75) is 26.7 Å². The molecular weight excluding hydrogens is 308 g/mol. The first-order valence-electron chi connectivity index (χ1n) is 8.48. The van der Waals surface area contributed by atoms with E-state index >= 15 is 0 Å². The zero-order chi connectivity index (χ0) is 17.8. The summed E-state index contributed by atoms with van der Waals surface area (Å²) >= 11 is 0. The van der Waals surface area contributed by atoms with Crippen molar-refractivity contribution in [3.8, 4) is 11.3 Å². The predicted molar refractivity (Wildman–Crippen MR) is 103 cm³/mol. The van der Waals surface area contributed by atoms with Crippen molar-refractivity contribution >= 4 is 11.6 Å². The second-order valence-electron chi connectivity index (χ2n) is 6.48. The van der Waals surface area contributed by atoms with Crippen molar-refractivity contribution < 1.29 is 4.79 Å². The van der Waals surface area contributed by atoms with E-state index in [0.717, 1.165) is 22.5 Å². The molecule has 0 aliphatic carbocycles. The van der Waals surface area contributed by atoms with Crippen LogP contribution in [0.1, 0.15) is 41.3 Å². The summed E-state index contributed by atoms with van der Waals surface area (Å²) in [7, 11) is 0. The highest BCUT2D eigenvalue weighted by Crippen LogP contribution is 2.21. The number of rotatable bonds is 4. The molecule has 25 heavy (non-hydrogen) atoms. The molecule has 0 saturated carbocycles. The molecule has 126 valence electrons. The topological polar surface area (TPSA) is 42.0 Å². The number of hydrogen-bond donors (Lipinski definition) is 1. The lowest BCUT2D eigenvalue weighted by atomic mass is 10.0. The summed E-state index contributed by atoms with van der Waals surface area (Å²) in [5.41, 5.74) is 5.71. The van der Waals surface area contributed by atoms with Gasteiger partial charge in [0.25, 0.3) is 5.91 Å². The molecule has 0 aliphatic heterocycles. The standard InChI is InChI=1S/C22H22N2O/c1-15(2)17-8-11-19(12-9-17)24-22(25)18-10-13-21(23-14-18)20-7-5-4-6-16(20)3/h4-15H,1-3H3,(H,24,25). The Bertz CT molecular complexity index is 865. The van der Waals surface area contributed by atoms with Crippen LogP contribution in [0.3, 0.4) is 0 Å². The lowest BCUT2D eigenvalue weighted by molar-refractivity contribution is 0.102. The average Bonchev–Trinajstić information content (AvgIpc) is 2.63. The number of aromatic nitrogens is 1. The maximum absolute atomic E-state index is 12.4. The number of hydrogen-bond acceptors (Lipinski definition) is 2. The van der Waals surface area contributed by atoms with Gasteiger partial charge in [0, 0.05) is 17.4 Å². The van der Waals surface area contributed by atoms with Gasteiger partial charge >= 0.3 is 0 Å². The Morgan fingerprint density at radius 2 is 1.68 bits per heavy atom. The minimum atomic E-state index is -0.152. The molecule has 0 radical (unpaired) electrons. The van der Waals surface area contributed by atoms with E-state index in [1.54, 1.807) is 6.20 Å². The summed E-state index contributed by atoms with van der Waals surface area (Å²) in [5, 5.41) is 2.92. The molecule has 3 aromatic rings. The molecule has 3 heteroatoms. The Morgan fingerprint density at radius 1 is 0.960 bits per heavy atom. The van der Waals surface area contributed by atoms with E-state index in [4.69, 9.17) is 0 Å². The Hall–Kier alpha value is -2.94. The van der Waals surface area contributed by atoms with E-state index < -0.39 is 0 Å². The number of pyridine rings is 1. The predicted octanol–water partition coefficient (Wildman–Crippen LogP) is 5.43. The van der Waals surface area contributed by atoms with Crippen molar-refractivity contribution in [1.29, 1.82) is 0 Å². The lowest BCUT2D eigenvalue weighted by Gasteiger charge is -2.09. The quantitative estimate of drug-likeness (QED) is 0.693. The first kappa shape index (κ1) is 16.9. The van der Waals surface area contributed by atoms with E-state index in [1.165, 1.54) is 5.56 Å². The molecule has 2 aromatic carbocycles. The number of anilines is 1. The van der Waals surface area contributed by atoms with Gasteiger partial charge in [-0.25, -0.2) is 0 Å². The highest BCUT2D eigenvalue weighted by molar-refractivity contribution is 6.04. The molecule has 1 N–H and O–H groups in total. The number of amides is 1. The van der Waals surface area contributed by atoms with Crippen molar-refractivity contribution in [3.05, 3.63) is 83.6 Å². The maximum atomic E-state index is 12.4. The van der Waals surface area contributed by atoms with E-state index in [9.17, 15) is 4.79 Å². The second-order valence-corrected chi connectivity index (χ2v) is 6.48. The van der Waals surface area contributed by atoms with Gasteiger partial charge < -0.3 is 5.32 Å². The fraction of sp³-hybridized carbons (Fsp3) is 0.182. The van der Waals surface area contributed by atoms with Crippen LogP contribution in [-0.4, -0.2) is 10.9 Å². The first-order valence-corrected chi connectivity index (χ1v) is 8.48. The van der Waals surface area contributed by atoms with Crippen LogP contribution in [0.25, 0.3) is 11.3 Å². The number of carbonyl (C=O) groups excluding carboxylic acids is 1. The largest absolute Gasteiger partial charge is 0.322 e. The number of nitrogens with one attached hydrogen (secondary N) is 1. The number of benzene rings is 2. The van der Waals surface area contributed by atoms with E-state index in [1.807, 2.05) is 54.6 Å². The number of carbonyl (C=O) groups is 1. The van der Waals surface area contributed by atoms with Crippen LogP contribution < -0.4 is 5.32 Å². The Morgan fingerprint density at radius 3 is 2.28 bits per heavy atom. The smallest absolute Gasteiger partial charge is 0.257 e. The maximum Gasteiger partial charge on any atom is 0.257 e. The molecule has 0 saturated heterocycles. The fourth-order valence-corrected chi connectivity index (χ4v) is 2.70. The Balaban J connectivity index is 1.73. The number of aryl methyl sites for hydroxylation is 1. The van der Waals surface area contributed by atoms with E-state index in [2.05, 4.69) is 37.1 Å².